The molecule has 0 aliphatic rings. The Morgan fingerprint density at radius 2 is 0.628 bits per heavy atom. The first kappa shape index (κ1) is 91.5. The summed E-state index contributed by atoms with van der Waals surface area (Å²) in [5.41, 5.74) is 0. The molecule has 0 bridgehead atoms. The lowest BCUT2D eigenvalue weighted by Crippen LogP contribution is -2.30. The highest BCUT2D eigenvalue weighted by molar-refractivity contribution is 7.47. The monoisotopic (exact) mass is 1380 g/mol. The minimum atomic E-state index is -4.96. The van der Waals surface area contributed by atoms with Gasteiger partial charge in [-0.15, -0.1) is 0 Å². The maximum absolute atomic E-state index is 13.1. The van der Waals surface area contributed by atoms with Gasteiger partial charge in [0, 0.05) is 25.7 Å². The first-order valence-electron chi connectivity index (χ1n) is 38.3. The maximum Gasteiger partial charge on any atom is 0.472 e. The normalized spacial score (nSPS) is 14.5. The lowest BCUT2D eigenvalue weighted by atomic mass is 10.00. The molecule has 0 aliphatic heterocycles. The van der Waals surface area contributed by atoms with Gasteiger partial charge >= 0.3 is 39.5 Å². The lowest BCUT2D eigenvalue weighted by molar-refractivity contribution is -0.161. The van der Waals surface area contributed by atoms with E-state index in [0.29, 0.717) is 25.7 Å². The number of aliphatic hydroxyl groups excluding tert-OH is 1. The Kier molecular flexibility index (Phi) is 64.7. The molecule has 6 atom stereocenters. The highest BCUT2D eigenvalue weighted by atomic mass is 31.2. The molecule has 0 aromatic carbocycles. The highest BCUT2D eigenvalue weighted by Crippen LogP contribution is 2.45. The van der Waals surface area contributed by atoms with Crippen molar-refractivity contribution in [3.8, 4) is 0 Å². The second kappa shape index (κ2) is 66.4. The van der Waals surface area contributed by atoms with E-state index in [9.17, 15) is 43.2 Å². The van der Waals surface area contributed by atoms with Gasteiger partial charge in [0.1, 0.15) is 19.3 Å². The van der Waals surface area contributed by atoms with Gasteiger partial charge in [-0.2, -0.15) is 0 Å². The van der Waals surface area contributed by atoms with Gasteiger partial charge in [-0.25, -0.2) is 9.13 Å². The van der Waals surface area contributed by atoms with Crippen LogP contribution in [-0.2, 0) is 65.4 Å². The number of hydrogen-bond acceptors (Lipinski definition) is 15. The van der Waals surface area contributed by atoms with E-state index in [-0.39, 0.29) is 25.7 Å². The molecule has 17 nitrogen and oxygen atoms in total. The highest BCUT2D eigenvalue weighted by Gasteiger charge is 2.30. The van der Waals surface area contributed by atoms with Crippen LogP contribution in [0.15, 0.2) is 24.3 Å². The minimum absolute atomic E-state index is 0.101. The van der Waals surface area contributed by atoms with Crippen LogP contribution in [0.1, 0.15) is 363 Å². The van der Waals surface area contributed by atoms with Gasteiger partial charge in [0.05, 0.1) is 26.4 Å². The van der Waals surface area contributed by atoms with Gasteiger partial charge in [-0.1, -0.05) is 310 Å². The molecule has 554 valence electrons. The fourth-order valence-electron chi connectivity index (χ4n) is 10.9. The zero-order valence-corrected chi connectivity index (χ0v) is 62.5. The predicted molar refractivity (Wildman–Crippen MR) is 381 cm³/mol. The van der Waals surface area contributed by atoms with E-state index in [0.717, 1.165) is 127 Å². The summed E-state index contributed by atoms with van der Waals surface area (Å²) in [6, 6.07) is 0. The maximum atomic E-state index is 13.1. The van der Waals surface area contributed by atoms with Crippen molar-refractivity contribution >= 4 is 39.5 Å². The zero-order valence-electron chi connectivity index (χ0n) is 60.7. The van der Waals surface area contributed by atoms with Crippen molar-refractivity contribution in [2.45, 2.75) is 381 Å². The summed E-state index contributed by atoms with van der Waals surface area (Å²) < 4.78 is 68.4. The molecule has 0 heterocycles. The van der Waals surface area contributed by atoms with Crippen LogP contribution in [-0.4, -0.2) is 96.7 Å². The fourth-order valence-corrected chi connectivity index (χ4v) is 12.5. The van der Waals surface area contributed by atoms with Crippen LogP contribution in [0.5, 0.6) is 0 Å². The van der Waals surface area contributed by atoms with Crippen LogP contribution in [0.4, 0.5) is 0 Å². The van der Waals surface area contributed by atoms with Crippen molar-refractivity contribution in [3.63, 3.8) is 0 Å². The Balaban J connectivity index is 5.27. The molecule has 3 unspecified atom stereocenters. The van der Waals surface area contributed by atoms with Gasteiger partial charge in [-0.3, -0.25) is 37.3 Å². The first-order chi connectivity index (χ1) is 45.4. The minimum Gasteiger partial charge on any atom is -0.462 e. The first-order valence-corrected chi connectivity index (χ1v) is 41.3. The molecule has 0 aromatic heterocycles. The van der Waals surface area contributed by atoms with E-state index in [1.807, 2.05) is 0 Å². The predicted octanol–water partition coefficient (Wildman–Crippen LogP) is 21.5. The molecule has 0 saturated heterocycles. The van der Waals surface area contributed by atoms with E-state index in [1.165, 1.54) is 154 Å². The molecule has 0 aliphatic carbocycles. The molecule has 0 spiro atoms. The number of unbranched alkanes of at least 4 members (excludes halogenated alkanes) is 38. The van der Waals surface area contributed by atoms with Crippen molar-refractivity contribution in [3.05, 3.63) is 24.3 Å². The SMILES string of the molecule is CCCCCC/C=C\C=C/CCCCCCCC(=O)OC[C@H](COP(=O)(O)OC[C@@H](O)COP(=O)(O)OC[C@@H](COC(=O)CCCCCCCCC(C)CC)OC(=O)CCCCCCCCCCCCC)OC(=O)CCCCCCCCCCCCCCCCCC(C)C. The van der Waals surface area contributed by atoms with Gasteiger partial charge in [0.25, 0.3) is 0 Å². The Morgan fingerprint density at radius 3 is 0.957 bits per heavy atom. The van der Waals surface area contributed by atoms with Crippen LogP contribution in [0, 0.1) is 11.8 Å². The average Bonchev–Trinajstić information content (AvgIpc) is 1.39. The molecule has 0 fully saturated rings. The van der Waals surface area contributed by atoms with Crippen LogP contribution < -0.4 is 0 Å². The number of phosphoric acid groups is 2. The number of aliphatic hydroxyl groups is 1. The molecular weight excluding hydrogens is 1230 g/mol. The number of allylic oxidation sites excluding steroid dienone is 4. The quantitative estimate of drug-likeness (QED) is 0.0169. The van der Waals surface area contributed by atoms with E-state index in [1.54, 1.807) is 0 Å². The molecule has 0 aromatic rings. The topological polar surface area (TPSA) is 237 Å². The molecule has 3 N–H and O–H groups in total. The Labute approximate surface area is 573 Å². The number of ether oxygens (including phenoxy) is 4. The molecule has 0 radical (unpaired) electrons. The third kappa shape index (κ3) is 66.8. The summed E-state index contributed by atoms with van der Waals surface area (Å²) in [6.45, 7) is 9.50. The lowest BCUT2D eigenvalue weighted by Gasteiger charge is -2.21. The van der Waals surface area contributed by atoms with Crippen LogP contribution >= 0.6 is 15.6 Å². The van der Waals surface area contributed by atoms with Gasteiger partial charge in [0.15, 0.2) is 12.2 Å². The third-order valence-electron chi connectivity index (χ3n) is 17.2. The van der Waals surface area contributed by atoms with E-state index >= 15 is 0 Å². The number of carbonyl (C=O) groups excluding carboxylic acids is 4. The molecule has 0 saturated carbocycles. The van der Waals surface area contributed by atoms with E-state index in [2.05, 4.69) is 65.8 Å². The summed E-state index contributed by atoms with van der Waals surface area (Å²) in [4.78, 5) is 72.7. The number of carbonyl (C=O) groups is 4. The average molecular weight is 1380 g/mol. The Bertz CT molecular complexity index is 1920. The number of esters is 4. The molecule has 94 heavy (non-hydrogen) atoms. The summed E-state index contributed by atoms with van der Waals surface area (Å²) in [7, 11) is -9.92. The van der Waals surface area contributed by atoms with Crippen LogP contribution in [0.3, 0.4) is 0 Å². The van der Waals surface area contributed by atoms with Crippen molar-refractivity contribution in [2.75, 3.05) is 39.6 Å². The van der Waals surface area contributed by atoms with E-state index in [4.69, 9.17) is 37.0 Å². The molecule has 0 amide bonds. The largest absolute Gasteiger partial charge is 0.472 e. The van der Waals surface area contributed by atoms with Gasteiger partial charge < -0.3 is 33.8 Å². The summed E-state index contributed by atoms with van der Waals surface area (Å²) in [6.07, 6.45) is 56.3. The fraction of sp³-hybridized carbons (Fsp3) is 0.893. The third-order valence-corrected chi connectivity index (χ3v) is 19.1. The van der Waals surface area contributed by atoms with Crippen molar-refractivity contribution < 1.29 is 80.2 Å². The van der Waals surface area contributed by atoms with Gasteiger partial charge in [-0.05, 0) is 63.2 Å². The Hall–Kier alpha value is -2.46. The summed E-state index contributed by atoms with van der Waals surface area (Å²) in [5, 5.41) is 10.6. The van der Waals surface area contributed by atoms with Crippen LogP contribution in [0.2, 0.25) is 0 Å². The number of hydrogen-bond donors (Lipinski definition) is 3. The molecular formula is C75H142O17P2. The van der Waals surface area contributed by atoms with Crippen molar-refractivity contribution in [1.29, 1.82) is 0 Å². The molecule has 19 heteroatoms. The number of phosphoric ester groups is 2. The van der Waals surface area contributed by atoms with Crippen molar-refractivity contribution in [1.82, 2.24) is 0 Å². The number of rotatable bonds is 72. The zero-order chi connectivity index (χ0) is 69.3. The van der Waals surface area contributed by atoms with E-state index < -0.39 is 97.5 Å². The Morgan fingerprint density at radius 1 is 0.351 bits per heavy atom. The van der Waals surface area contributed by atoms with Crippen LogP contribution in [0.25, 0.3) is 0 Å². The van der Waals surface area contributed by atoms with Gasteiger partial charge in [0.2, 0.25) is 0 Å². The van der Waals surface area contributed by atoms with Crippen molar-refractivity contribution in [2.24, 2.45) is 11.8 Å². The second-order valence-electron chi connectivity index (χ2n) is 27.1. The molecule has 0 rings (SSSR count). The smallest absolute Gasteiger partial charge is 0.462 e. The summed E-state index contributed by atoms with van der Waals surface area (Å²) in [5.74, 6) is -0.618. The standard InChI is InChI=1S/C75H142O17P2/c1-7-10-12-14-16-18-20-21-23-27-31-34-38-45-51-57-72(77)85-63-70(91-75(80)60-54-48-40-36-32-28-25-22-24-26-30-33-37-43-49-55-67(4)5)65-89-93(81,82)87-61-69(76)62-88-94(83,84)90-66-71(64-86-73(78)58-52-46-42-41-44-50-56-68(6)9-3)92-74(79)59-53-47-39-35-29-19-17-15-13-11-8-2/h18,20-21,23,67-71,76H,7-17,19,22,24-66H2,1-6H3,(H,81,82)(H,83,84)/b20-18-,23-21-/t68?,69-,70-,71-/m1/s1. The second-order valence-corrected chi connectivity index (χ2v) is 30.0. The summed E-state index contributed by atoms with van der Waals surface area (Å²) >= 11 is 0.